The van der Waals surface area contributed by atoms with Crippen molar-refractivity contribution >= 4 is 7.12 Å². The van der Waals surface area contributed by atoms with Crippen molar-refractivity contribution in [1.82, 2.24) is 0 Å². The first kappa shape index (κ1) is 18.5. The molecule has 1 aliphatic heterocycles. The van der Waals surface area contributed by atoms with Gasteiger partial charge < -0.3 is 9.31 Å². The zero-order valence-corrected chi connectivity index (χ0v) is 16.8. The van der Waals surface area contributed by atoms with Gasteiger partial charge in [0, 0.05) is 17.7 Å². The Morgan fingerprint density at radius 2 is 1.26 bits per heavy atom. The molecule has 27 heavy (non-hydrogen) atoms. The number of rotatable bonds is 3. The first-order chi connectivity index (χ1) is 12.9. The Bertz CT molecular complexity index is 782. The molecule has 140 valence electrons. The minimum Gasteiger partial charge on any atom is -0.403 e. The van der Waals surface area contributed by atoms with Gasteiger partial charge in [0.15, 0.2) is 0 Å². The van der Waals surface area contributed by atoms with E-state index in [-0.39, 0.29) is 24.1 Å². The molecule has 0 radical (unpaired) electrons. The number of benzene rings is 2. The van der Waals surface area contributed by atoms with Crippen molar-refractivity contribution in [2.45, 2.75) is 63.0 Å². The predicted molar refractivity (Wildman–Crippen MR) is 112 cm³/mol. The molecule has 0 unspecified atom stereocenters. The van der Waals surface area contributed by atoms with Gasteiger partial charge in [-0.15, -0.1) is 0 Å². The summed E-state index contributed by atoms with van der Waals surface area (Å²) in [5, 5.41) is 0. The molecule has 1 heterocycles. The molecule has 0 N–H and O–H groups in total. The third-order valence-electron chi connectivity index (χ3n) is 6.57. The monoisotopic (exact) mass is 360 g/mol. The minimum atomic E-state index is -0.303. The first-order valence-electron chi connectivity index (χ1n) is 10.0. The summed E-state index contributed by atoms with van der Waals surface area (Å²) in [5.41, 5.74) is 2.09. The van der Waals surface area contributed by atoms with Crippen LogP contribution in [-0.4, -0.2) is 18.3 Å². The Kier molecular flexibility index (Phi) is 4.77. The largest absolute Gasteiger partial charge is 0.462 e. The fourth-order valence-electron chi connectivity index (χ4n) is 4.24. The van der Waals surface area contributed by atoms with E-state index < -0.39 is 0 Å². The van der Waals surface area contributed by atoms with Crippen LogP contribution in [-0.2, 0) is 9.31 Å². The lowest BCUT2D eigenvalue weighted by Crippen LogP contribution is -2.41. The van der Waals surface area contributed by atoms with E-state index in [1.807, 2.05) is 0 Å². The molecule has 2 aliphatic rings. The summed E-state index contributed by atoms with van der Waals surface area (Å²) in [6, 6.07) is 21.5. The molecular weight excluding hydrogens is 331 g/mol. The van der Waals surface area contributed by atoms with Crippen molar-refractivity contribution in [2.75, 3.05) is 0 Å². The number of allylic oxidation sites excluding steroid dienone is 2. The van der Waals surface area contributed by atoms with E-state index in [1.165, 1.54) is 11.1 Å². The second-order valence-corrected chi connectivity index (χ2v) is 8.86. The topological polar surface area (TPSA) is 18.5 Å². The summed E-state index contributed by atoms with van der Waals surface area (Å²) in [6.45, 7) is 8.55. The van der Waals surface area contributed by atoms with Gasteiger partial charge in [-0.1, -0.05) is 72.8 Å². The lowest BCUT2D eigenvalue weighted by Gasteiger charge is -2.33. The molecule has 0 aromatic heterocycles. The van der Waals surface area contributed by atoms with Crippen molar-refractivity contribution in [2.24, 2.45) is 0 Å². The molecule has 2 nitrogen and oxygen atoms in total. The van der Waals surface area contributed by atoms with E-state index in [0.29, 0.717) is 11.8 Å². The van der Waals surface area contributed by atoms with Gasteiger partial charge in [0.05, 0.1) is 11.2 Å². The highest BCUT2D eigenvalue weighted by Gasteiger charge is 2.55. The molecular formula is C24H29BO2. The Balaban J connectivity index is 1.68. The van der Waals surface area contributed by atoms with E-state index >= 15 is 0 Å². The van der Waals surface area contributed by atoms with Crippen LogP contribution in [0.2, 0.25) is 5.82 Å². The smallest absolute Gasteiger partial charge is 0.403 e. The van der Waals surface area contributed by atoms with E-state index in [0.717, 1.165) is 6.42 Å². The molecule has 1 fully saturated rings. The summed E-state index contributed by atoms with van der Waals surface area (Å²) >= 11 is 0. The zero-order valence-electron chi connectivity index (χ0n) is 16.8. The van der Waals surface area contributed by atoms with Crippen LogP contribution >= 0.6 is 0 Å². The molecule has 2 aromatic rings. The summed E-state index contributed by atoms with van der Waals surface area (Å²) in [6.07, 6.45) is 5.76. The molecule has 0 bridgehead atoms. The van der Waals surface area contributed by atoms with Gasteiger partial charge in [-0.25, -0.2) is 0 Å². The van der Waals surface area contributed by atoms with Crippen molar-refractivity contribution in [3.8, 4) is 0 Å². The van der Waals surface area contributed by atoms with Crippen molar-refractivity contribution in [1.29, 1.82) is 0 Å². The standard InChI is InChI=1S/C24H29BO2/c1-23(2)24(3,4)27-25(26-23)22-17-20(18-11-7-5-8-12-18)15-16-21(22)19-13-9-6-10-14-19/h5-16,20-22H,17H2,1-4H3/t20-,21-,22+/m1/s1. The van der Waals surface area contributed by atoms with E-state index in [1.54, 1.807) is 0 Å². The second kappa shape index (κ2) is 6.96. The summed E-state index contributed by atoms with van der Waals surface area (Å²) < 4.78 is 13.0. The van der Waals surface area contributed by atoms with Crippen LogP contribution < -0.4 is 0 Å². The van der Waals surface area contributed by atoms with Crippen LogP contribution in [0.25, 0.3) is 0 Å². The van der Waals surface area contributed by atoms with Gasteiger partial charge >= 0.3 is 7.12 Å². The summed E-state index contributed by atoms with van der Waals surface area (Å²) in [7, 11) is -0.198. The molecule has 1 aliphatic carbocycles. The van der Waals surface area contributed by atoms with E-state index in [2.05, 4.69) is 101 Å². The van der Waals surface area contributed by atoms with Crippen LogP contribution in [0.3, 0.4) is 0 Å². The summed E-state index contributed by atoms with van der Waals surface area (Å²) in [4.78, 5) is 0. The van der Waals surface area contributed by atoms with Crippen LogP contribution in [0.4, 0.5) is 0 Å². The Labute approximate surface area is 163 Å². The van der Waals surface area contributed by atoms with Gasteiger partial charge in [-0.05, 0) is 45.2 Å². The van der Waals surface area contributed by atoms with Crippen LogP contribution in [0, 0.1) is 0 Å². The quantitative estimate of drug-likeness (QED) is 0.495. The van der Waals surface area contributed by atoms with Crippen LogP contribution in [0.1, 0.15) is 57.1 Å². The Morgan fingerprint density at radius 1 is 0.741 bits per heavy atom. The van der Waals surface area contributed by atoms with Gasteiger partial charge in [0.2, 0.25) is 0 Å². The highest BCUT2D eigenvalue weighted by atomic mass is 16.7. The van der Waals surface area contributed by atoms with Crippen LogP contribution in [0.5, 0.6) is 0 Å². The fourth-order valence-corrected chi connectivity index (χ4v) is 4.24. The molecule has 4 rings (SSSR count). The van der Waals surface area contributed by atoms with Gasteiger partial charge in [-0.2, -0.15) is 0 Å². The van der Waals surface area contributed by atoms with E-state index in [4.69, 9.17) is 9.31 Å². The highest BCUT2D eigenvalue weighted by Crippen LogP contribution is 2.50. The molecule has 1 saturated heterocycles. The number of hydrogen-bond acceptors (Lipinski definition) is 2. The van der Waals surface area contributed by atoms with Crippen molar-refractivity contribution in [3.05, 3.63) is 83.9 Å². The highest BCUT2D eigenvalue weighted by molar-refractivity contribution is 6.48. The molecule has 0 spiro atoms. The average Bonchev–Trinajstić information content (AvgIpc) is 2.90. The lowest BCUT2D eigenvalue weighted by atomic mass is 9.57. The molecule has 0 amide bonds. The van der Waals surface area contributed by atoms with Gasteiger partial charge in [-0.3, -0.25) is 0 Å². The molecule has 3 atom stereocenters. The Hall–Kier alpha value is -1.84. The maximum Gasteiger partial charge on any atom is 0.462 e. The molecule has 0 saturated carbocycles. The third kappa shape index (κ3) is 3.51. The van der Waals surface area contributed by atoms with Crippen molar-refractivity contribution < 1.29 is 9.31 Å². The zero-order chi connectivity index (χ0) is 19.1. The maximum atomic E-state index is 6.48. The first-order valence-corrected chi connectivity index (χ1v) is 10.0. The van der Waals surface area contributed by atoms with Crippen LogP contribution in [0.15, 0.2) is 72.8 Å². The Morgan fingerprint density at radius 3 is 1.81 bits per heavy atom. The summed E-state index contributed by atoms with van der Waals surface area (Å²) in [5.74, 6) is 0.986. The second-order valence-electron chi connectivity index (χ2n) is 8.86. The normalized spacial score (nSPS) is 29.0. The maximum absolute atomic E-state index is 6.48. The van der Waals surface area contributed by atoms with E-state index in [9.17, 15) is 0 Å². The third-order valence-corrected chi connectivity index (χ3v) is 6.57. The fraction of sp³-hybridized carbons (Fsp3) is 0.417. The van der Waals surface area contributed by atoms with Crippen molar-refractivity contribution in [3.63, 3.8) is 0 Å². The lowest BCUT2D eigenvalue weighted by molar-refractivity contribution is 0.00578. The predicted octanol–water partition coefficient (Wildman–Crippen LogP) is 5.98. The minimum absolute atomic E-state index is 0.198. The SMILES string of the molecule is CC1(C)OB([C@H]2C[C@H](c3ccccc3)C=C[C@@H]2c2ccccc2)OC1(C)C. The number of hydrogen-bond donors (Lipinski definition) is 0. The molecule has 3 heteroatoms. The average molecular weight is 360 g/mol. The van der Waals surface area contributed by atoms with Gasteiger partial charge in [0.1, 0.15) is 0 Å². The molecule has 2 aromatic carbocycles. The van der Waals surface area contributed by atoms with Gasteiger partial charge in [0.25, 0.3) is 0 Å².